The van der Waals surface area contributed by atoms with Crippen molar-refractivity contribution in [3.8, 4) is 0 Å². The number of thiophene rings is 1. The Labute approximate surface area is 264 Å². The molecule has 3 aromatic heterocycles. The molecule has 0 unspecified atom stereocenters. The molecule has 3 aromatic carbocycles. The van der Waals surface area contributed by atoms with E-state index in [1.165, 1.54) is 18.5 Å². The van der Waals surface area contributed by atoms with Gasteiger partial charge in [-0.25, -0.2) is 19.3 Å². The zero-order valence-corrected chi connectivity index (χ0v) is 25.3. The molecule has 0 bridgehead atoms. The lowest BCUT2D eigenvalue weighted by molar-refractivity contribution is -0.0402. The van der Waals surface area contributed by atoms with Crippen LogP contribution in [0.3, 0.4) is 0 Å². The third kappa shape index (κ3) is 5.29. The molecular weight excluding hydrogens is 589 g/mol. The van der Waals surface area contributed by atoms with Gasteiger partial charge in [-0.3, -0.25) is 4.57 Å². The summed E-state index contributed by atoms with van der Waals surface area (Å²) in [5, 5.41) is 25.0. The highest BCUT2D eigenvalue weighted by atomic mass is 32.1. The maximum atomic E-state index is 13.8. The smallest absolute Gasteiger partial charge is 0.167 e. The van der Waals surface area contributed by atoms with Crippen molar-refractivity contribution in [1.29, 1.82) is 0 Å². The summed E-state index contributed by atoms with van der Waals surface area (Å²) in [6, 6.07) is 31.0. The molecule has 4 heterocycles. The largest absolute Gasteiger partial charge is 0.388 e. The van der Waals surface area contributed by atoms with Gasteiger partial charge in [0.25, 0.3) is 0 Å². The Bertz CT molecular complexity index is 1850. The van der Waals surface area contributed by atoms with Gasteiger partial charge in [0.1, 0.15) is 24.4 Å². The molecule has 10 heteroatoms. The Hall–Kier alpha value is -4.48. The fraction of sp³-hybridized carbons (Fsp3) is 0.229. The van der Waals surface area contributed by atoms with E-state index in [9.17, 15) is 14.6 Å². The SMILES string of the molecule is CN(Cc1cccc(F)c1)c1ncnc2c1ncn2[C@@H]1O[C@H](CC(c2ccccc2)(c2ccccc2)c2cccs2)[C@@H](O)[C@H]1O. The number of benzene rings is 3. The Balaban J connectivity index is 1.23. The molecule has 1 saturated heterocycles. The minimum atomic E-state index is -1.23. The van der Waals surface area contributed by atoms with Gasteiger partial charge >= 0.3 is 0 Å². The number of hydrogen-bond donors (Lipinski definition) is 2. The minimum absolute atomic E-state index is 0.305. The van der Waals surface area contributed by atoms with Crippen LogP contribution in [-0.4, -0.2) is 55.1 Å². The summed E-state index contributed by atoms with van der Waals surface area (Å²) in [6.45, 7) is 0.407. The summed E-state index contributed by atoms with van der Waals surface area (Å²) in [5.74, 6) is 0.249. The van der Waals surface area contributed by atoms with Crippen LogP contribution in [0.1, 0.15) is 34.2 Å². The van der Waals surface area contributed by atoms with Gasteiger partial charge in [0.15, 0.2) is 23.2 Å². The van der Waals surface area contributed by atoms with Gasteiger partial charge in [-0.2, -0.15) is 0 Å². The molecule has 228 valence electrons. The number of ether oxygens (including phenoxy) is 1. The van der Waals surface area contributed by atoms with Crippen molar-refractivity contribution in [3.05, 3.63) is 142 Å². The molecule has 4 atom stereocenters. The maximum Gasteiger partial charge on any atom is 0.167 e. The molecular formula is C35H32FN5O3S. The number of hydrogen-bond acceptors (Lipinski definition) is 8. The van der Waals surface area contributed by atoms with Crippen molar-refractivity contribution < 1.29 is 19.3 Å². The third-order valence-corrected chi connectivity index (χ3v) is 9.64. The Morgan fingerprint density at radius 2 is 1.62 bits per heavy atom. The first-order valence-electron chi connectivity index (χ1n) is 14.8. The number of aromatic nitrogens is 4. The van der Waals surface area contributed by atoms with Crippen molar-refractivity contribution in [2.24, 2.45) is 0 Å². The standard InChI is InChI=1S/C35H32FN5O3S/c1-40(20-23-10-8-15-26(36)18-23)32-29-33(38-21-37-32)41(22-39-29)34-31(43)30(42)27(44-34)19-35(28-16-9-17-45-28,24-11-4-2-5-12-24)25-13-6-3-7-14-25/h2-18,21-22,27,30-31,34,42-43H,19-20H2,1H3/t27-,30-,31-,34-/m1/s1. The van der Waals surface area contributed by atoms with Crippen LogP contribution in [-0.2, 0) is 16.7 Å². The van der Waals surface area contributed by atoms with Crippen LogP contribution in [0.2, 0.25) is 0 Å². The van der Waals surface area contributed by atoms with E-state index in [1.54, 1.807) is 28.3 Å². The fourth-order valence-electron chi connectivity index (χ4n) is 6.47. The van der Waals surface area contributed by atoms with Gasteiger partial charge in [0.05, 0.1) is 17.8 Å². The molecule has 0 spiro atoms. The van der Waals surface area contributed by atoms with Crippen LogP contribution in [0.25, 0.3) is 11.2 Å². The fourth-order valence-corrected chi connectivity index (χ4v) is 7.45. The molecule has 1 aliphatic heterocycles. The second-order valence-corrected chi connectivity index (χ2v) is 12.3. The van der Waals surface area contributed by atoms with E-state index in [1.807, 2.05) is 60.5 Å². The Kier molecular flexibility index (Phi) is 7.88. The second-order valence-electron chi connectivity index (χ2n) is 11.4. The van der Waals surface area contributed by atoms with E-state index in [0.29, 0.717) is 29.9 Å². The van der Waals surface area contributed by atoms with E-state index < -0.39 is 30.0 Å². The highest BCUT2D eigenvalue weighted by molar-refractivity contribution is 7.10. The molecule has 0 aliphatic carbocycles. The maximum absolute atomic E-state index is 13.8. The Morgan fingerprint density at radius 3 is 2.29 bits per heavy atom. The van der Waals surface area contributed by atoms with Gasteiger partial charge in [-0.05, 0) is 46.7 Å². The molecule has 0 radical (unpaired) electrons. The van der Waals surface area contributed by atoms with Gasteiger partial charge < -0.3 is 19.8 Å². The van der Waals surface area contributed by atoms with Crippen molar-refractivity contribution in [2.45, 2.75) is 42.9 Å². The van der Waals surface area contributed by atoms with Crippen molar-refractivity contribution in [3.63, 3.8) is 0 Å². The highest BCUT2D eigenvalue weighted by Crippen LogP contribution is 2.48. The number of imidazole rings is 1. The zero-order valence-electron chi connectivity index (χ0n) is 24.5. The zero-order chi connectivity index (χ0) is 31.0. The first-order chi connectivity index (χ1) is 22.0. The number of aliphatic hydroxyl groups excluding tert-OH is 2. The van der Waals surface area contributed by atoms with Crippen molar-refractivity contribution in [1.82, 2.24) is 19.5 Å². The van der Waals surface area contributed by atoms with E-state index in [-0.39, 0.29) is 5.82 Å². The van der Waals surface area contributed by atoms with Crippen LogP contribution in [0.5, 0.6) is 0 Å². The lowest BCUT2D eigenvalue weighted by Gasteiger charge is -2.37. The number of anilines is 1. The Morgan fingerprint density at radius 1 is 0.889 bits per heavy atom. The summed E-state index contributed by atoms with van der Waals surface area (Å²) in [5.41, 5.74) is 3.25. The molecule has 45 heavy (non-hydrogen) atoms. The molecule has 8 nitrogen and oxygen atoms in total. The average molecular weight is 622 g/mol. The minimum Gasteiger partial charge on any atom is -0.388 e. The summed E-state index contributed by atoms with van der Waals surface area (Å²) >= 11 is 1.65. The highest BCUT2D eigenvalue weighted by Gasteiger charge is 2.49. The van der Waals surface area contributed by atoms with E-state index in [0.717, 1.165) is 21.6 Å². The monoisotopic (exact) mass is 621 g/mol. The molecule has 7 rings (SSSR count). The van der Waals surface area contributed by atoms with Gasteiger partial charge in [-0.1, -0.05) is 78.9 Å². The first kappa shape index (κ1) is 29.2. The van der Waals surface area contributed by atoms with Crippen LogP contribution >= 0.6 is 11.3 Å². The number of nitrogens with zero attached hydrogens (tertiary/aromatic N) is 5. The van der Waals surface area contributed by atoms with E-state index in [4.69, 9.17) is 4.74 Å². The van der Waals surface area contributed by atoms with Crippen LogP contribution < -0.4 is 4.90 Å². The molecule has 1 aliphatic rings. The quantitative estimate of drug-likeness (QED) is 0.214. The van der Waals surface area contributed by atoms with Crippen LogP contribution in [0.4, 0.5) is 10.2 Å². The van der Waals surface area contributed by atoms with Crippen LogP contribution in [0.15, 0.2) is 115 Å². The van der Waals surface area contributed by atoms with E-state index in [2.05, 4.69) is 50.7 Å². The summed E-state index contributed by atoms with van der Waals surface area (Å²) in [6.07, 6.45) is -0.678. The van der Waals surface area contributed by atoms with Crippen LogP contribution in [0, 0.1) is 5.82 Å². The lowest BCUT2D eigenvalue weighted by Crippen LogP contribution is -2.39. The second kappa shape index (κ2) is 12.1. The van der Waals surface area contributed by atoms with E-state index >= 15 is 0 Å². The first-order valence-corrected chi connectivity index (χ1v) is 15.6. The number of aliphatic hydroxyl groups is 2. The van der Waals surface area contributed by atoms with Gasteiger partial charge in [-0.15, -0.1) is 11.3 Å². The molecule has 6 aromatic rings. The normalized spacial score (nSPS) is 20.1. The summed E-state index contributed by atoms with van der Waals surface area (Å²) in [7, 11) is 1.85. The molecule has 0 amide bonds. The molecule has 1 fully saturated rings. The number of halogens is 1. The average Bonchev–Trinajstić information content (AvgIpc) is 3.82. The third-order valence-electron chi connectivity index (χ3n) is 8.60. The molecule has 0 saturated carbocycles. The lowest BCUT2D eigenvalue weighted by atomic mass is 9.69. The van der Waals surface area contributed by atoms with Crippen molar-refractivity contribution >= 4 is 28.3 Å². The van der Waals surface area contributed by atoms with Crippen molar-refractivity contribution in [2.75, 3.05) is 11.9 Å². The summed E-state index contributed by atoms with van der Waals surface area (Å²) in [4.78, 5) is 16.5. The summed E-state index contributed by atoms with van der Waals surface area (Å²) < 4.78 is 22.0. The predicted octanol–water partition coefficient (Wildman–Crippen LogP) is 5.71. The number of rotatable bonds is 9. The number of fused-ring (bicyclic) bond motifs is 1. The van der Waals surface area contributed by atoms with Gasteiger partial charge in [0, 0.05) is 18.5 Å². The molecule has 2 N–H and O–H groups in total. The topological polar surface area (TPSA) is 96.5 Å². The van der Waals surface area contributed by atoms with Gasteiger partial charge in [0.2, 0.25) is 0 Å². The predicted molar refractivity (Wildman–Crippen MR) is 171 cm³/mol.